The molecule has 0 aliphatic carbocycles. The van der Waals surface area contributed by atoms with Gasteiger partial charge in [0.15, 0.2) is 11.0 Å². The molecule has 0 fully saturated rings. The second-order valence-electron chi connectivity index (χ2n) is 4.14. The molecule has 0 radical (unpaired) electrons. The van der Waals surface area contributed by atoms with Gasteiger partial charge in [0.25, 0.3) is 0 Å². The highest BCUT2D eigenvalue weighted by atomic mass is 35.5. The van der Waals surface area contributed by atoms with Crippen LogP contribution in [0.2, 0.25) is 5.02 Å². The summed E-state index contributed by atoms with van der Waals surface area (Å²) >= 11 is 7.34. The van der Waals surface area contributed by atoms with Crippen LogP contribution < -0.4 is 10.1 Å². The van der Waals surface area contributed by atoms with Crippen LogP contribution in [0.3, 0.4) is 0 Å². The van der Waals surface area contributed by atoms with Crippen molar-refractivity contribution >= 4 is 29.3 Å². The van der Waals surface area contributed by atoms with Crippen molar-refractivity contribution in [1.29, 1.82) is 0 Å². The molecule has 0 saturated heterocycles. The Morgan fingerprint density at radius 2 is 2.19 bits per heavy atom. The number of para-hydroxylation sites is 1. The predicted octanol–water partition coefficient (Wildman–Crippen LogP) is 1.89. The minimum atomic E-state index is -0.0585. The minimum Gasteiger partial charge on any atom is -0.484 e. The van der Waals surface area contributed by atoms with E-state index in [0.29, 0.717) is 27.5 Å². The number of nitrogens with zero attached hydrogens (tertiary/aromatic N) is 3. The number of aromatic nitrogens is 3. The fourth-order valence-corrected chi connectivity index (χ4v) is 2.50. The molecule has 0 spiro atoms. The Labute approximate surface area is 131 Å². The van der Waals surface area contributed by atoms with Gasteiger partial charge in [0.2, 0.25) is 5.91 Å². The lowest BCUT2D eigenvalue weighted by molar-refractivity contribution is -0.118. The highest BCUT2D eigenvalue weighted by molar-refractivity contribution is 7.99. The standard InChI is InChI=1S/C13H15ClN4O2S/c1-15-12(19)8-21-13-17-16-11(18(13)2)7-20-10-6-4-3-5-9(10)14/h3-6H,7-8H2,1-2H3,(H,15,19). The van der Waals surface area contributed by atoms with Crippen molar-refractivity contribution in [1.82, 2.24) is 20.1 Å². The summed E-state index contributed by atoms with van der Waals surface area (Å²) in [6.07, 6.45) is 0. The molecule has 0 aliphatic rings. The van der Waals surface area contributed by atoms with Gasteiger partial charge in [-0.25, -0.2) is 0 Å². The van der Waals surface area contributed by atoms with E-state index >= 15 is 0 Å². The van der Waals surface area contributed by atoms with Crippen LogP contribution in [0.25, 0.3) is 0 Å². The number of benzene rings is 1. The average Bonchev–Trinajstić information content (AvgIpc) is 2.84. The lowest BCUT2D eigenvalue weighted by Gasteiger charge is -2.07. The van der Waals surface area contributed by atoms with Crippen molar-refractivity contribution in [2.24, 2.45) is 7.05 Å². The van der Waals surface area contributed by atoms with Crippen LogP contribution in [0, 0.1) is 0 Å². The van der Waals surface area contributed by atoms with Crippen LogP contribution >= 0.6 is 23.4 Å². The Bertz CT molecular complexity index is 632. The highest BCUT2D eigenvalue weighted by Gasteiger charge is 2.12. The van der Waals surface area contributed by atoms with E-state index in [-0.39, 0.29) is 12.5 Å². The number of rotatable bonds is 6. The summed E-state index contributed by atoms with van der Waals surface area (Å²) in [6.45, 7) is 0.258. The first kappa shape index (κ1) is 15.7. The van der Waals surface area contributed by atoms with Crippen LogP contribution in [-0.2, 0) is 18.4 Å². The van der Waals surface area contributed by atoms with Crippen LogP contribution in [0.4, 0.5) is 0 Å². The van der Waals surface area contributed by atoms with Gasteiger partial charge in [-0.1, -0.05) is 35.5 Å². The molecular formula is C13H15ClN4O2S. The summed E-state index contributed by atoms with van der Waals surface area (Å²) in [7, 11) is 3.43. The lowest BCUT2D eigenvalue weighted by Crippen LogP contribution is -2.20. The van der Waals surface area contributed by atoms with E-state index in [1.54, 1.807) is 23.7 Å². The number of carbonyl (C=O) groups excluding carboxylic acids is 1. The molecule has 1 N–H and O–H groups in total. The van der Waals surface area contributed by atoms with Crippen molar-refractivity contribution in [2.45, 2.75) is 11.8 Å². The number of hydrogen-bond acceptors (Lipinski definition) is 5. The number of hydrogen-bond donors (Lipinski definition) is 1. The lowest BCUT2D eigenvalue weighted by atomic mass is 10.3. The molecule has 2 rings (SSSR count). The number of ether oxygens (including phenoxy) is 1. The SMILES string of the molecule is CNC(=O)CSc1nnc(COc2ccccc2Cl)n1C. The predicted molar refractivity (Wildman–Crippen MR) is 81.6 cm³/mol. The third-order valence-electron chi connectivity index (χ3n) is 2.73. The molecule has 6 nitrogen and oxygen atoms in total. The number of nitrogens with one attached hydrogen (secondary N) is 1. The second-order valence-corrected chi connectivity index (χ2v) is 5.49. The van der Waals surface area contributed by atoms with E-state index in [1.807, 2.05) is 19.2 Å². The number of thioether (sulfide) groups is 1. The molecule has 0 unspecified atom stereocenters. The minimum absolute atomic E-state index is 0.0585. The van der Waals surface area contributed by atoms with Gasteiger partial charge in [0, 0.05) is 14.1 Å². The van der Waals surface area contributed by atoms with E-state index in [4.69, 9.17) is 16.3 Å². The fourth-order valence-electron chi connectivity index (χ4n) is 1.50. The monoisotopic (exact) mass is 326 g/mol. The summed E-state index contributed by atoms with van der Waals surface area (Å²) in [5.41, 5.74) is 0. The first-order valence-corrected chi connectivity index (χ1v) is 7.57. The van der Waals surface area contributed by atoms with Gasteiger partial charge >= 0.3 is 0 Å². The highest BCUT2D eigenvalue weighted by Crippen LogP contribution is 2.24. The summed E-state index contributed by atoms with van der Waals surface area (Å²) in [5.74, 6) is 1.50. The van der Waals surface area contributed by atoms with Gasteiger partial charge in [-0.2, -0.15) is 0 Å². The van der Waals surface area contributed by atoms with Gasteiger partial charge in [0.1, 0.15) is 12.4 Å². The van der Waals surface area contributed by atoms with Crippen molar-refractivity contribution < 1.29 is 9.53 Å². The Kier molecular flexibility index (Phi) is 5.46. The van der Waals surface area contributed by atoms with Crippen molar-refractivity contribution in [2.75, 3.05) is 12.8 Å². The molecule has 1 amide bonds. The quantitative estimate of drug-likeness (QED) is 0.821. The molecule has 1 heterocycles. The molecular weight excluding hydrogens is 312 g/mol. The molecule has 0 aliphatic heterocycles. The number of halogens is 1. The zero-order valence-electron chi connectivity index (χ0n) is 11.7. The zero-order valence-corrected chi connectivity index (χ0v) is 13.2. The van der Waals surface area contributed by atoms with Crippen LogP contribution in [0.15, 0.2) is 29.4 Å². The third kappa shape index (κ3) is 4.12. The van der Waals surface area contributed by atoms with E-state index in [2.05, 4.69) is 15.5 Å². The Morgan fingerprint density at radius 3 is 2.90 bits per heavy atom. The first-order valence-electron chi connectivity index (χ1n) is 6.20. The molecule has 1 aromatic carbocycles. The molecule has 0 saturated carbocycles. The van der Waals surface area contributed by atoms with E-state index in [0.717, 1.165) is 0 Å². The van der Waals surface area contributed by atoms with Crippen LogP contribution in [0.1, 0.15) is 5.82 Å². The second kappa shape index (κ2) is 7.33. The van der Waals surface area contributed by atoms with E-state index in [9.17, 15) is 4.79 Å². The van der Waals surface area contributed by atoms with Crippen molar-refractivity contribution in [3.8, 4) is 5.75 Å². The van der Waals surface area contributed by atoms with Gasteiger partial charge in [-0.3, -0.25) is 4.79 Å². The van der Waals surface area contributed by atoms with E-state index in [1.165, 1.54) is 11.8 Å². The molecule has 0 bridgehead atoms. The fraction of sp³-hybridized carbons (Fsp3) is 0.308. The summed E-state index contributed by atoms with van der Waals surface area (Å²) in [6, 6.07) is 7.24. The maximum absolute atomic E-state index is 11.2. The summed E-state index contributed by atoms with van der Waals surface area (Å²) in [5, 5.41) is 11.9. The molecule has 8 heteroatoms. The maximum Gasteiger partial charge on any atom is 0.230 e. The van der Waals surface area contributed by atoms with Gasteiger partial charge in [-0.05, 0) is 12.1 Å². The third-order valence-corrected chi connectivity index (χ3v) is 4.06. The number of carbonyl (C=O) groups is 1. The summed E-state index contributed by atoms with van der Waals surface area (Å²) in [4.78, 5) is 11.2. The molecule has 0 atom stereocenters. The van der Waals surface area contributed by atoms with E-state index < -0.39 is 0 Å². The van der Waals surface area contributed by atoms with Gasteiger partial charge in [0.05, 0.1) is 10.8 Å². The molecule has 21 heavy (non-hydrogen) atoms. The van der Waals surface area contributed by atoms with Crippen molar-refractivity contribution in [3.63, 3.8) is 0 Å². The normalized spacial score (nSPS) is 10.4. The van der Waals surface area contributed by atoms with Crippen LogP contribution in [0.5, 0.6) is 5.75 Å². The molecule has 1 aromatic heterocycles. The topological polar surface area (TPSA) is 69.0 Å². The largest absolute Gasteiger partial charge is 0.484 e. The zero-order chi connectivity index (χ0) is 15.2. The Hall–Kier alpha value is -1.73. The summed E-state index contributed by atoms with van der Waals surface area (Å²) < 4.78 is 7.42. The Morgan fingerprint density at radius 1 is 1.43 bits per heavy atom. The molecule has 2 aromatic rings. The number of amides is 1. The first-order chi connectivity index (χ1) is 10.1. The average molecular weight is 327 g/mol. The smallest absolute Gasteiger partial charge is 0.230 e. The van der Waals surface area contributed by atoms with Gasteiger partial charge < -0.3 is 14.6 Å². The molecule has 112 valence electrons. The Balaban J connectivity index is 1.97. The van der Waals surface area contributed by atoms with Crippen LogP contribution in [-0.4, -0.2) is 33.5 Å². The van der Waals surface area contributed by atoms with Crippen molar-refractivity contribution in [3.05, 3.63) is 35.1 Å². The maximum atomic E-state index is 11.2. The van der Waals surface area contributed by atoms with Gasteiger partial charge in [-0.15, -0.1) is 10.2 Å².